The molecular formula is C20H14BrF2IN2O3. The van der Waals surface area contributed by atoms with Gasteiger partial charge in [-0.15, -0.1) is 0 Å². The van der Waals surface area contributed by atoms with Gasteiger partial charge < -0.3 is 10.1 Å². The number of esters is 1. The van der Waals surface area contributed by atoms with Crippen molar-refractivity contribution in [1.82, 2.24) is 10.3 Å². The van der Waals surface area contributed by atoms with Gasteiger partial charge in [0.05, 0.1) is 12.6 Å². The van der Waals surface area contributed by atoms with Gasteiger partial charge in [-0.1, -0.05) is 12.1 Å². The Labute approximate surface area is 187 Å². The van der Waals surface area contributed by atoms with Gasteiger partial charge in [-0.2, -0.15) is 0 Å². The number of rotatable bonds is 5. The van der Waals surface area contributed by atoms with E-state index in [1.807, 2.05) is 6.07 Å². The molecular weight excluding hydrogens is 561 g/mol. The van der Waals surface area contributed by atoms with Crippen molar-refractivity contribution >= 4 is 61.3 Å². The smallest absolute Gasteiger partial charge is 0.328 e. The Morgan fingerprint density at radius 2 is 1.93 bits per heavy atom. The number of pyridine rings is 1. The summed E-state index contributed by atoms with van der Waals surface area (Å²) in [4.78, 5) is 29.1. The average Bonchev–Trinajstić information content (AvgIpc) is 2.68. The molecule has 29 heavy (non-hydrogen) atoms. The lowest BCUT2D eigenvalue weighted by atomic mass is 10.0. The Morgan fingerprint density at radius 3 is 2.59 bits per heavy atom. The number of ether oxygens (including phenoxy) is 1. The zero-order chi connectivity index (χ0) is 21.1. The molecule has 1 aromatic heterocycles. The van der Waals surface area contributed by atoms with Crippen LogP contribution in [0.5, 0.6) is 0 Å². The van der Waals surface area contributed by atoms with E-state index in [2.05, 4.69) is 48.8 Å². The van der Waals surface area contributed by atoms with Gasteiger partial charge in [-0.25, -0.2) is 13.6 Å². The van der Waals surface area contributed by atoms with Crippen molar-refractivity contribution in [3.63, 3.8) is 0 Å². The van der Waals surface area contributed by atoms with E-state index in [0.717, 1.165) is 37.2 Å². The van der Waals surface area contributed by atoms with Crippen molar-refractivity contribution in [2.24, 2.45) is 0 Å². The predicted octanol–water partition coefficient (Wildman–Crippen LogP) is 4.39. The molecule has 0 aliphatic heterocycles. The van der Waals surface area contributed by atoms with E-state index in [-0.39, 0.29) is 6.42 Å². The molecule has 0 aliphatic rings. The second kappa shape index (κ2) is 9.12. The lowest BCUT2D eigenvalue weighted by molar-refractivity contribution is -0.142. The summed E-state index contributed by atoms with van der Waals surface area (Å²) in [6.45, 7) is 0. The third kappa shape index (κ3) is 4.72. The minimum Gasteiger partial charge on any atom is -0.467 e. The highest BCUT2D eigenvalue weighted by Crippen LogP contribution is 2.27. The van der Waals surface area contributed by atoms with Crippen LogP contribution in [-0.4, -0.2) is 30.0 Å². The van der Waals surface area contributed by atoms with Crippen LogP contribution in [0.4, 0.5) is 8.78 Å². The van der Waals surface area contributed by atoms with Crippen LogP contribution < -0.4 is 5.32 Å². The van der Waals surface area contributed by atoms with Gasteiger partial charge in [-0.05, 0) is 68.3 Å². The zero-order valence-electron chi connectivity index (χ0n) is 15.0. The monoisotopic (exact) mass is 574 g/mol. The molecule has 9 heteroatoms. The highest BCUT2D eigenvalue weighted by atomic mass is 127. The number of fused-ring (bicyclic) bond motifs is 1. The number of amides is 1. The van der Waals surface area contributed by atoms with E-state index in [4.69, 9.17) is 4.74 Å². The third-order valence-electron chi connectivity index (χ3n) is 4.26. The molecule has 1 heterocycles. The van der Waals surface area contributed by atoms with Crippen LogP contribution in [0.2, 0.25) is 0 Å². The SMILES string of the molecule is COC(=O)[C@H](Cc1ccc(Br)c2ncc(I)cc12)NC(=O)c1c(F)cccc1F. The Morgan fingerprint density at radius 1 is 1.24 bits per heavy atom. The van der Waals surface area contributed by atoms with Crippen LogP contribution >= 0.6 is 38.5 Å². The maximum Gasteiger partial charge on any atom is 0.328 e. The maximum atomic E-state index is 13.9. The van der Waals surface area contributed by atoms with E-state index < -0.39 is 35.1 Å². The molecule has 0 radical (unpaired) electrons. The van der Waals surface area contributed by atoms with Gasteiger partial charge in [0.15, 0.2) is 0 Å². The normalized spacial score (nSPS) is 11.9. The van der Waals surface area contributed by atoms with Crippen LogP contribution in [0.3, 0.4) is 0 Å². The predicted molar refractivity (Wildman–Crippen MR) is 115 cm³/mol. The van der Waals surface area contributed by atoms with Crippen LogP contribution in [0.15, 0.2) is 47.1 Å². The summed E-state index contributed by atoms with van der Waals surface area (Å²) in [5, 5.41) is 3.16. The molecule has 0 fully saturated rings. The Hall–Kier alpha value is -2.14. The summed E-state index contributed by atoms with van der Waals surface area (Å²) >= 11 is 5.56. The minimum absolute atomic E-state index is 0.0556. The largest absolute Gasteiger partial charge is 0.467 e. The zero-order valence-corrected chi connectivity index (χ0v) is 18.8. The number of hydrogen-bond donors (Lipinski definition) is 1. The van der Waals surface area contributed by atoms with E-state index >= 15 is 0 Å². The first-order chi connectivity index (χ1) is 13.8. The van der Waals surface area contributed by atoms with Crippen LogP contribution in [0.25, 0.3) is 10.9 Å². The first-order valence-electron chi connectivity index (χ1n) is 8.37. The van der Waals surface area contributed by atoms with E-state index in [9.17, 15) is 18.4 Å². The van der Waals surface area contributed by atoms with Gasteiger partial charge in [0, 0.05) is 26.0 Å². The van der Waals surface area contributed by atoms with E-state index in [0.29, 0.717) is 5.52 Å². The van der Waals surface area contributed by atoms with Crippen molar-refractivity contribution < 1.29 is 23.1 Å². The van der Waals surface area contributed by atoms with Gasteiger partial charge in [0.1, 0.15) is 23.2 Å². The molecule has 150 valence electrons. The molecule has 1 amide bonds. The Bertz CT molecular complexity index is 1090. The number of carbonyl (C=O) groups is 2. The topological polar surface area (TPSA) is 68.3 Å². The summed E-state index contributed by atoms with van der Waals surface area (Å²) in [5.74, 6) is -3.80. The van der Waals surface area contributed by atoms with Gasteiger partial charge in [0.25, 0.3) is 5.91 Å². The number of nitrogens with one attached hydrogen (secondary N) is 1. The molecule has 1 N–H and O–H groups in total. The molecule has 0 aliphatic carbocycles. The van der Waals surface area contributed by atoms with Gasteiger partial charge in [0.2, 0.25) is 0 Å². The van der Waals surface area contributed by atoms with E-state index in [1.165, 1.54) is 7.11 Å². The molecule has 3 rings (SSSR count). The Balaban J connectivity index is 1.96. The quantitative estimate of drug-likeness (QED) is 0.362. The molecule has 1 atom stereocenters. The first-order valence-corrected chi connectivity index (χ1v) is 10.2. The van der Waals surface area contributed by atoms with E-state index in [1.54, 1.807) is 18.3 Å². The molecule has 3 aromatic rings. The summed E-state index contributed by atoms with van der Waals surface area (Å²) in [7, 11) is 1.18. The van der Waals surface area contributed by atoms with Crippen molar-refractivity contribution in [3.05, 3.63) is 73.4 Å². The number of benzene rings is 2. The lowest BCUT2D eigenvalue weighted by Gasteiger charge is -2.18. The molecule has 0 saturated carbocycles. The molecule has 0 spiro atoms. The minimum atomic E-state index is -1.14. The Kier molecular flexibility index (Phi) is 6.78. The summed E-state index contributed by atoms with van der Waals surface area (Å²) in [6.07, 6.45) is 1.76. The van der Waals surface area contributed by atoms with Crippen LogP contribution in [0, 0.1) is 15.2 Å². The first kappa shape index (κ1) is 21.6. The molecule has 0 unspecified atom stereocenters. The molecule has 5 nitrogen and oxygen atoms in total. The standard InChI is InChI=1S/C20H14BrF2IN2O3/c1-29-20(28)16(26-19(27)17-14(22)3-2-4-15(17)23)7-10-5-6-13(21)18-12(10)8-11(24)9-25-18/h2-6,8-9,16H,7H2,1H3,(H,26,27)/t16-/m0/s1. The molecule has 0 bridgehead atoms. The average molecular weight is 575 g/mol. The number of methoxy groups -OCH3 is 1. The van der Waals surface area contributed by atoms with Crippen LogP contribution in [0.1, 0.15) is 15.9 Å². The van der Waals surface area contributed by atoms with Gasteiger partial charge >= 0.3 is 5.97 Å². The van der Waals surface area contributed by atoms with Crippen LogP contribution in [-0.2, 0) is 16.0 Å². The fourth-order valence-electron chi connectivity index (χ4n) is 2.90. The number of aromatic nitrogens is 1. The summed E-state index contributed by atoms with van der Waals surface area (Å²) in [6, 6.07) is 7.42. The second-order valence-electron chi connectivity index (χ2n) is 6.11. The fourth-order valence-corrected chi connectivity index (χ4v) is 3.79. The van der Waals surface area contributed by atoms with Crippen molar-refractivity contribution in [1.29, 1.82) is 0 Å². The van der Waals surface area contributed by atoms with Crippen molar-refractivity contribution in [2.75, 3.05) is 7.11 Å². The summed E-state index contributed by atoms with van der Waals surface area (Å²) < 4.78 is 34.3. The lowest BCUT2D eigenvalue weighted by Crippen LogP contribution is -2.43. The highest BCUT2D eigenvalue weighted by molar-refractivity contribution is 14.1. The fraction of sp³-hybridized carbons (Fsp3) is 0.150. The van der Waals surface area contributed by atoms with Crippen molar-refractivity contribution in [2.45, 2.75) is 12.5 Å². The highest BCUT2D eigenvalue weighted by Gasteiger charge is 2.26. The molecule has 0 saturated heterocycles. The number of hydrogen-bond acceptors (Lipinski definition) is 4. The number of nitrogens with zero attached hydrogens (tertiary/aromatic N) is 1. The van der Waals surface area contributed by atoms with Crippen molar-refractivity contribution in [3.8, 4) is 0 Å². The second-order valence-corrected chi connectivity index (χ2v) is 8.21. The summed E-state index contributed by atoms with van der Waals surface area (Å²) in [5.41, 5.74) is 0.662. The number of carbonyl (C=O) groups excluding carboxylic acids is 2. The maximum absolute atomic E-state index is 13.9. The van der Waals surface area contributed by atoms with Gasteiger partial charge in [-0.3, -0.25) is 9.78 Å². The molecule has 2 aromatic carbocycles. The number of halogens is 4. The third-order valence-corrected chi connectivity index (χ3v) is 5.49.